The Labute approximate surface area is 145 Å². The van der Waals surface area contributed by atoms with Crippen molar-refractivity contribution in [3.8, 4) is 0 Å². The molecule has 2 aromatic rings. The number of hydrogen-bond donors (Lipinski definition) is 1. The van der Waals surface area contributed by atoms with Crippen LogP contribution in [0.2, 0.25) is 0 Å². The number of nitrogens with one attached hydrogen (secondary N) is 1. The number of aryl methyl sites for hydroxylation is 1. The van der Waals surface area contributed by atoms with E-state index in [9.17, 15) is 13.2 Å². The van der Waals surface area contributed by atoms with Crippen LogP contribution >= 0.6 is 12.2 Å². The maximum Gasteiger partial charge on any atom is 0.416 e. The van der Waals surface area contributed by atoms with Crippen LogP contribution in [0.15, 0.2) is 48.5 Å². The van der Waals surface area contributed by atoms with Crippen molar-refractivity contribution in [1.82, 2.24) is 4.90 Å². The predicted molar refractivity (Wildman–Crippen MR) is 95.0 cm³/mol. The molecule has 128 valence electrons. The van der Waals surface area contributed by atoms with Gasteiger partial charge in [0.25, 0.3) is 0 Å². The van der Waals surface area contributed by atoms with Gasteiger partial charge in [0.15, 0.2) is 5.11 Å². The molecular weight excluding hydrogens is 333 g/mol. The van der Waals surface area contributed by atoms with Crippen molar-refractivity contribution in [1.29, 1.82) is 0 Å². The quantitative estimate of drug-likeness (QED) is 0.771. The first-order valence-corrected chi connectivity index (χ1v) is 7.97. The molecule has 0 bridgehead atoms. The number of hydrogen-bond acceptors (Lipinski definition) is 1. The molecule has 1 N–H and O–H groups in total. The molecule has 0 aromatic heterocycles. The maximum atomic E-state index is 12.6. The van der Waals surface area contributed by atoms with E-state index in [2.05, 4.69) is 12.2 Å². The van der Waals surface area contributed by atoms with Gasteiger partial charge in [0.2, 0.25) is 0 Å². The normalized spacial score (nSPS) is 11.2. The molecular formula is C18H19F3N2S. The Bertz CT molecular complexity index is 679. The summed E-state index contributed by atoms with van der Waals surface area (Å²) >= 11 is 5.34. The first kappa shape index (κ1) is 18.3. The van der Waals surface area contributed by atoms with Crippen LogP contribution < -0.4 is 5.32 Å². The van der Waals surface area contributed by atoms with Gasteiger partial charge in [-0.15, -0.1) is 0 Å². The van der Waals surface area contributed by atoms with Gasteiger partial charge >= 0.3 is 6.18 Å². The first-order valence-electron chi connectivity index (χ1n) is 7.57. The van der Waals surface area contributed by atoms with Gasteiger partial charge in [-0.25, -0.2) is 0 Å². The number of thiocarbonyl (C=S) groups is 1. The van der Waals surface area contributed by atoms with Gasteiger partial charge in [-0.1, -0.05) is 31.2 Å². The van der Waals surface area contributed by atoms with E-state index in [1.807, 2.05) is 24.3 Å². The van der Waals surface area contributed by atoms with Crippen LogP contribution in [0.5, 0.6) is 0 Å². The molecule has 2 nitrogen and oxygen atoms in total. The van der Waals surface area contributed by atoms with Crippen molar-refractivity contribution in [2.24, 2.45) is 0 Å². The molecule has 0 aliphatic carbocycles. The fourth-order valence-corrected chi connectivity index (χ4v) is 2.37. The van der Waals surface area contributed by atoms with Gasteiger partial charge in [0.05, 0.1) is 5.56 Å². The van der Waals surface area contributed by atoms with E-state index >= 15 is 0 Å². The third-order valence-corrected chi connectivity index (χ3v) is 4.07. The summed E-state index contributed by atoms with van der Waals surface area (Å²) in [5.74, 6) is 0. The lowest BCUT2D eigenvalue weighted by Crippen LogP contribution is -2.30. The lowest BCUT2D eigenvalue weighted by Gasteiger charge is -2.21. The average molecular weight is 352 g/mol. The molecule has 24 heavy (non-hydrogen) atoms. The minimum absolute atomic E-state index is 0.428. The van der Waals surface area contributed by atoms with E-state index in [-0.39, 0.29) is 0 Å². The Morgan fingerprint density at radius 1 is 1.00 bits per heavy atom. The third kappa shape index (κ3) is 4.96. The summed E-state index contributed by atoms with van der Waals surface area (Å²) in [5.41, 5.74) is 2.24. The number of anilines is 1. The second-order valence-electron chi connectivity index (χ2n) is 5.53. The summed E-state index contributed by atoms with van der Waals surface area (Å²) in [4.78, 5) is 1.78. The SMILES string of the molecule is CCc1ccc(NC(=S)N(C)Cc2ccc(C(F)(F)F)cc2)cc1. The van der Waals surface area contributed by atoms with Crippen LogP contribution in [0.3, 0.4) is 0 Å². The van der Waals surface area contributed by atoms with Gasteiger partial charge < -0.3 is 10.2 Å². The van der Waals surface area contributed by atoms with Crippen molar-refractivity contribution >= 4 is 23.0 Å². The molecule has 0 heterocycles. The van der Waals surface area contributed by atoms with Crippen LogP contribution in [-0.2, 0) is 19.1 Å². The standard InChI is InChI=1S/C18H19F3N2S/c1-3-13-6-10-16(11-7-13)22-17(24)23(2)12-14-4-8-15(9-5-14)18(19,20)21/h4-11H,3,12H2,1-2H3,(H,22,24). The van der Waals surface area contributed by atoms with E-state index in [1.165, 1.54) is 17.7 Å². The predicted octanol–water partition coefficient (Wildman–Crippen LogP) is 5.10. The average Bonchev–Trinajstić information content (AvgIpc) is 2.55. The second-order valence-corrected chi connectivity index (χ2v) is 5.92. The zero-order valence-corrected chi connectivity index (χ0v) is 14.3. The lowest BCUT2D eigenvalue weighted by atomic mass is 10.1. The Morgan fingerprint density at radius 3 is 2.04 bits per heavy atom. The summed E-state index contributed by atoms with van der Waals surface area (Å²) in [6.45, 7) is 2.52. The van der Waals surface area contributed by atoms with Gasteiger partial charge in [-0.3, -0.25) is 0 Å². The molecule has 2 rings (SSSR count). The smallest absolute Gasteiger partial charge is 0.348 e. The third-order valence-electron chi connectivity index (χ3n) is 3.66. The van der Waals surface area contributed by atoms with Crippen LogP contribution in [0, 0.1) is 0 Å². The number of alkyl halides is 3. The summed E-state index contributed by atoms with van der Waals surface area (Å²) in [6.07, 6.45) is -3.34. The van der Waals surface area contributed by atoms with Crippen LogP contribution in [-0.4, -0.2) is 17.1 Å². The largest absolute Gasteiger partial charge is 0.416 e. The minimum Gasteiger partial charge on any atom is -0.348 e. The maximum absolute atomic E-state index is 12.6. The molecule has 0 saturated heterocycles. The molecule has 0 spiro atoms. The van der Waals surface area contributed by atoms with E-state index in [0.717, 1.165) is 29.8 Å². The fraction of sp³-hybridized carbons (Fsp3) is 0.278. The molecule has 0 aliphatic rings. The highest BCUT2D eigenvalue weighted by atomic mass is 32.1. The zero-order valence-electron chi connectivity index (χ0n) is 13.5. The number of benzene rings is 2. The summed E-state index contributed by atoms with van der Waals surface area (Å²) < 4.78 is 37.7. The van der Waals surface area contributed by atoms with Crippen LogP contribution in [0.1, 0.15) is 23.6 Å². The van der Waals surface area contributed by atoms with Crippen LogP contribution in [0.25, 0.3) is 0 Å². The Balaban J connectivity index is 1.95. The molecule has 0 fully saturated rings. The van der Waals surface area contributed by atoms with Crippen molar-refractivity contribution in [2.45, 2.75) is 26.1 Å². The lowest BCUT2D eigenvalue weighted by molar-refractivity contribution is -0.137. The van der Waals surface area contributed by atoms with E-state index in [4.69, 9.17) is 12.2 Å². The zero-order chi connectivity index (χ0) is 17.7. The Morgan fingerprint density at radius 2 is 1.54 bits per heavy atom. The van der Waals surface area contributed by atoms with Crippen molar-refractivity contribution in [3.63, 3.8) is 0 Å². The molecule has 0 unspecified atom stereocenters. The van der Waals surface area contributed by atoms with Gasteiger partial charge in [0.1, 0.15) is 0 Å². The fourth-order valence-electron chi connectivity index (χ4n) is 2.19. The van der Waals surface area contributed by atoms with E-state index in [1.54, 1.807) is 11.9 Å². The number of rotatable bonds is 4. The highest BCUT2D eigenvalue weighted by Gasteiger charge is 2.29. The molecule has 0 saturated carbocycles. The first-order chi connectivity index (χ1) is 11.3. The number of nitrogens with zero attached hydrogens (tertiary/aromatic N) is 1. The minimum atomic E-state index is -4.31. The van der Waals surface area contributed by atoms with E-state index < -0.39 is 11.7 Å². The summed E-state index contributed by atoms with van der Waals surface area (Å²) in [7, 11) is 1.80. The monoisotopic (exact) mass is 352 g/mol. The van der Waals surface area contributed by atoms with Crippen molar-refractivity contribution in [3.05, 3.63) is 65.2 Å². The molecule has 6 heteroatoms. The molecule has 0 atom stereocenters. The number of halogens is 3. The molecule has 0 radical (unpaired) electrons. The van der Waals surface area contributed by atoms with Gasteiger partial charge in [-0.2, -0.15) is 13.2 Å². The topological polar surface area (TPSA) is 15.3 Å². The summed E-state index contributed by atoms with van der Waals surface area (Å²) in [6, 6.07) is 13.1. The Hall–Kier alpha value is -2.08. The van der Waals surface area contributed by atoms with Crippen molar-refractivity contribution < 1.29 is 13.2 Å². The highest BCUT2D eigenvalue weighted by molar-refractivity contribution is 7.80. The summed E-state index contributed by atoms with van der Waals surface area (Å²) in [5, 5.41) is 3.64. The molecule has 0 amide bonds. The Kier molecular flexibility index (Phi) is 5.83. The van der Waals surface area contributed by atoms with Gasteiger partial charge in [0, 0.05) is 19.3 Å². The van der Waals surface area contributed by atoms with Crippen LogP contribution in [0.4, 0.5) is 18.9 Å². The second kappa shape index (κ2) is 7.66. The van der Waals surface area contributed by atoms with Crippen molar-refractivity contribution in [2.75, 3.05) is 12.4 Å². The highest BCUT2D eigenvalue weighted by Crippen LogP contribution is 2.29. The van der Waals surface area contributed by atoms with E-state index in [0.29, 0.717) is 11.7 Å². The molecule has 2 aromatic carbocycles. The molecule has 0 aliphatic heterocycles. The van der Waals surface area contributed by atoms with Gasteiger partial charge in [-0.05, 0) is 54.0 Å².